The average molecular weight is 235 g/mol. The third kappa shape index (κ3) is 3.97. The highest BCUT2D eigenvalue weighted by Crippen LogP contribution is 2.21. The first kappa shape index (κ1) is 12.3. The largest absolute Gasteiger partial charge is 0.372 e. The summed E-state index contributed by atoms with van der Waals surface area (Å²) < 4.78 is 5.79. The van der Waals surface area contributed by atoms with Crippen molar-refractivity contribution in [3.8, 4) is 0 Å². The van der Waals surface area contributed by atoms with Crippen molar-refractivity contribution in [1.29, 1.82) is 0 Å². The molecular weight excluding hydrogens is 214 g/mol. The van der Waals surface area contributed by atoms with Gasteiger partial charge in [-0.3, -0.25) is 4.98 Å². The van der Waals surface area contributed by atoms with Crippen LogP contribution in [0.1, 0.15) is 44.7 Å². The highest BCUT2D eigenvalue weighted by molar-refractivity contribution is 5.30. The zero-order valence-corrected chi connectivity index (χ0v) is 10.5. The van der Waals surface area contributed by atoms with Crippen molar-refractivity contribution in [2.75, 3.05) is 11.9 Å². The first-order chi connectivity index (χ1) is 8.38. The Morgan fingerprint density at radius 1 is 1.29 bits per heavy atom. The number of anilines is 1. The van der Waals surface area contributed by atoms with E-state index in [1.165, 1.54) is 25.7 Å². The molecule has 1 heterocycles. The summed E-state index contributed by atoms with van der Waals surface area (Å²) in [6.45, 7) is 3.66. The second-order valence-corrected chi connectivity index (χ2v) is 4.54. The van der Waals surface area contributed by atoms with Crippen molar-refractivity contribution < 1.29 is 4.74 Å². The summed E-state index contributed by atoms with van der Waals surface area (Å²) in [4.78, 5) is 8.65. The average Bonchev–Trinajstić information content (AvgIpc) is 2.88. The minimum absolute atomic E-state index is 0.440. The van der Waals surface area contributed by atoms with E-state index in [4.69, 9.17) is 4.74 Å². The molecule has 0 atom stereocenters. The second kappa shape index (κ2) is 6.55. The van der Waals surface area contributed by atoms with E-state index in [1.54, 1.807) is 12.4 Å². The molecule has 1 aliphatic carbocycles. The number of hydrogen-bond donors (Lipinski definition) is 1. The summed E-state index contributed by atoms with van der Waals surface area (Å²) in [5.74, 6) is 0.844. The molecule has 0 aromatic carbocycles. The van der Waals surface area contributed by atoms with Crippen LogP contribution in [0.3, 0.4) is 0 Å². The molecule has 0 unspecified atom stereocenters. The first-order valence-corrected chi connectivity index (χ1v) is 6.55. The van der Waals surface area contributed by atoms with Gasteiger partial charge in [-0.1, -0.05) is 19.8 Å². The van der Waals surface area contributed by atoms with Crippen LogP contribution in [0.4, 0.5) is 5.82 Å². The van der Waals surface area contributed by atoms with Crippen molar-refractivity contribution in [3.63, 3.8) is 0 Å². The topological polar surface area (TPSA) is 47.0 Å². The van der Waals surface area contributed by atoms with Gasteiger partial charge in [-0.25, -0.2) is 4.98 Å². The number of hydrogen-bond acceptors (Lipinski definition) is 4. The fourth-order valence-electron chi connectivity index (χ4n) is 2.03. The van der Waals surface area contributed by atoms with E-state index in [9.17, 15) is 0 Å². The summed E-state index contributed by atoms with van der Waals surface area (Å²) in [5, 5.41) is 3.20. The van der Waals surface area contributed by atoms with Crippen molar-refractivity contribution in [3.05, 3.63) is 18.1 Å². The van der Waals surface area contributed by atoms with Crippen LogP contribution in [0.15, 0.2) is 12.4 Å². The van der Waals surface area contributed by atoms with E-state index >= 15 is 0 Å². The van der Waals surface area contributed by atoms with E-state index < -0.39 is 0 Å². The molecule has 94 valence electrons. The van der Waals surface area contributed by atoms with Crippen molar-refractivity contribution in [1.82, 2.24) is 9.97 Å². The van der Waals surface area contributed by atoms with E-state index in [1.807, 2.05) is 0 Å². The summed E-state index contributed by atoms with van der Waals surface area (Å²) in [7, 11) is 0. The van der Waals surface area contributed by atoms with Gasteiger partial charge in [0.05, 0.1) is 30.8 Å². The van der Waals surface area contributed by atoms with Crippen LogP contribution in [0.25, 0.3) is 0 Å². The lowest BCUT2D eigenvalue weighted by atomic mass is 10.3. The monoisotopic (exact) mass is 235 g/mol. The molecule has 1 fully saturated rings. The third-order valence-electron chi connectivity index (χ3n) is 3.03. The quantitative estimate of drug-likeness (QED) is 0.823. The summed E-state index contributed by atoms with van der Waals surface area (Å²) >= 11 is 0. The number of nitrogens with one attached hydrogen (secondary N) is 1. The van der Waals surface area contributed by atoms with Crippen LogP contribution < -0.4 is 5.32 Å². The summed E-state index contributed by atoms with van der Waals surface area (Å²) in [6, 6.07) is 0. The predicted molar refractivity (Wildman–Crippen MR) is 67.9 cm³/mol. The van der Waals surface area contributed by atoms with Crippen LogP contribution in [-0.2, 0) is 11.3 Å². The lowest BCUT2D eigenvalue weighted by Crippen LogP contribution is -2.09. The smallest absolute Gasteiger partial charge is 0.144 e. The lowest BCUT2D eigenvalue weighted by molar-refractivity contribution is 0.0436. The van der Waals surface area contributed by atoms with Crippen molar-refractivity contribution in [2.24, 2.45) is 0 Å². The molecule has 0 amide bonds. The molecule has 0 aliphatic heterocycles. The Balaban J connectivity index is 1.76. The number of aromatic nitrogens is 2. The molecule has 17 heavy (non-hydrogen) atoms. The standard InChI is InChI=1S/C13H21N3O/c1-2-7-14-13-9-15-11(8-16-13)10-17-12-5-3-4-6-12/h8-9,12H,2-7,10H2,1H3,(H,14,16). The molecule has 1 aromatic heterocycles. The van der Waals surface area contributed by atoms with Gasteiger partial charge in [-0.05, 0) is 19.3 Å². The molecular formula is C13H21N3O. The van der Waals surface area contributed by atoms with E-state index in [-0.39, 0.29) is 0 Å². The van der Waals surface area contributed by atoms with Gasteiger partial charge in [0.15, 0.2) is 0 Å². The molecule has 0 saturated heterocycles. The summed E-state index contributed by atoms with van der Waals surface area (Å²) in [6.07, 6.45) is 10.1. The molecule has 4 nitrogen and oxygen atoms in total. The SMILES string of the molecule is CCCNc1cnc(COC2CCCC2)cn1. The molecule has 1 saturated carbocycles. The number of rotatable bonds is 6. The Bertz CT molecular complexity index is 320. The van der Waals surface area contributed by atoms with Crippen LogP contribution in [0, 0.1) is 0 Å². The Morgan fingerprint density at radius 3 is 2.76 bits per heavy atom. The van der Waals surface area contributed by atoms with E-state index in [0.717, 1.165) is 24.5 Å². The van der Waals surface area contributed by atoms with Crippen LogP contribution in [0.2, 0.25) is 0 Å². The molecule has 2 rings (SSSR count). The van der Waals surface area contributed by atoms with Crippen molar-refractivity contribution in [2.45, 2.75) is 51.7 Å². The molecule has 0 radical (unpaired) electrons. The van der Waals surface area contributed by atoms with E-state index in [2.05, 4.69) is 22.2 Å². The first-order valence-electron chi connectivity index (χ1n) is 6.55. The minimum Gasteiger partial charge on any atom is -0.372 e. The van der Waals surface area contributed by atoms with Crippen molar-refractivity contribution >= 4 is 5.82 Å². The molecule has 1 aromatic rings. The maximum absolute atomic E-state index is 5.79. The third-order valence-corrected chi connectivity index (χ3v) is 3.03. The Morgan fingerprint density at radius 2 is 2.12 bits per heavy atom. The van der Waals surface area contributed by atoms with Gasteiger partial charge in [0.2, 0.25) is 0 Å². The van der Waals surface area contributed by atoms with Gasteiger partial charge in [-0.15, -0.1) is 0 Å². The Kier molecular flexibility index (Phi) is 4.74. The summed E-state index contributed by atoms with van der Waals surface area (Å²) in [5.41, 5.74) is 0.916. The predicted octanol–water partition coefficient (Wildman–Crippen LogP) is 2.76. The number of nitrogens with zero attached hydrogens (tertiary/aromatic N) is 2. The molecule has 1 aliphatic rings. The minimum atomic E-state index is 0.440. The van der Waals surface area contributed by atoms with Gasteiger partial charge in [0.25, 0.3) is 0 Å². The van der Waals surface area contributed by atoms with Gasteiger partial charge in [0.1, 0.15) is 5.82 Å². The lowest BCUT2D eigenvalue weighted by Gasteiger charge is -2.10. The highest BCUT2D eigenvalue weighted by Gasteiger charge is 2.15. The number of ether oxygens (including phenoxy) is 1. The maximum atomic E-state index is 5.79. The zero-order valence-electron chi connectivity index (χ0n) is 10.5. The fraction of sp³-hybridized carbons (Fsp3) is 0.692. The normalized spacial score (nSPS) is 16.3. The van der Waals surface area contributed by atoms with Crippen LogP contribution >= 0.6 is 0 Å². The zero-order chi connectivity index (χ0) is 11.9. The molecule has 1 N–H and O–H groups in total. The Labute approximate surface area is 103 Å². The van der Waals surface area contributed by atoms with Gasteiger partial charge >= 0.3 is 0 Å². The van der Waals surface area contributed by atoms with Crippen LogP contribution in [0.5, 0.6) is 0 Å². The maximum Gasteiger partial charge on any atom is 0.144 e. The van der Waals surface area contributed by atoms with E-state index in [0.29, 0.717) is 12.7 Å². The molecule has 0 spiro atoms. The molecule has 4 heteroatoms. The molecule has 0 bridgehead atoms. The highest BCUT2D eigenvalue weighted by atomic mass is 16.5. The van der Waals surface area contributed by atoms with Gasteiger partial charge in [-0.2, -0.15) is 0 Å². The van der Waals surface area contributed by atoms with Gasteiger partial charge < -0.3 is 10.1 Å². The fourth-order valence-corrected chi connectivity index (χ4v) is 2.03. The Hall–Kier alpha value is -1.16. The van der Waals surface area contributed by atoms with Gasteiger partial charge in [0, 0.05) is 6.54 Å². The van der Waals surface area contributed by atoms with Crippen LogP contribution in [-0.4, -0.2) is 22.6 Å². The second-order valence-electron chi connectivity index (χ2n) is 4.54.